The highest BCUT2D eigenvalue weighted by Crippen LogP contribution is 2.47. The number of ether oxygens (including phenoxy) is 2. The lowest BCUT2D eigenvalue weighted by Crippen LogP contribution is -2.17. The van der Waals surface area contributed by atoms with Crippen LogP contribution in [0, 0.1) is 5.92 Å². The molecule has 1 aromatic carbocycles. The molecule has 1 saturated carbocycles. The van der Waals surface area contributed by atoms with Crippen LogP contribution in [0.2, 0.25) is 0 Å². The van der Waals surface area contributed by atoms with E-state index < -0.39 is 18.0 Å². The number of pyridine rings is 1. The summed E-state index contributed by atoms with van der Waals surface area (Å²) in [7, 11) is 0. The second-order valence-corrected chi connectivity index (χ2v) is 7.12. The third kappa shape index (κ3) is 4.18. The Balaban J connectivity index is 1.76. The van der Waals surface area contributed by atoms with Crippen molar-refractivity contribution >= 4 is 22.8 Å². The average Bonchev–Trinajstić information content (AvgIpc) is 3.41. The summed E-state index contributed by atoms with van der Waals surface area (Å²) in [6.07, 6.45) is -4.27. The molecule has 2 unspecified atom stereocenters. The fraction of sp³-hybridized carbons (Fsp3) is 0.286. The molecule has 0 saturated heterocycles. The molecule has 162 valence electrons. The number of primary amides is 1. The molecule has 2 aromatic heterocycles. The zero-order chi connectivity index (χ0) is 22.3. The number of aromatic nitrogens is 2. The molecule has 4 rings (SSSR count). The van der Waals surface area contributed by atoms with E-state index >= 15 is 0 Å². The van der Waals surface area contributed by atoms with E-state index in [0.717, 1.165) is 6.07 Å². The first-order valence-corrected chi connectivity index (χ1v) is 9.53. The van der Waals surface area contributed by atoms with Gasteiger partial charge in [-0.1, -0.05) is 6.07 Å². The molecule has 1 amide bonds. The van der Waals surface area contributed by atoms with Crippen molar-refractivity contribution < 1.29 is 32.2 Å². The standard InChI is InChI=1S/C21H18F3N3O4/c1-2-30-20(29)14-10-13(14)15-4-3-5-18(26-15)27-16-9-12(31-21(22,23)24)7-6-11(16)8-17(27)19(25)28/h3-9,13-14H,2,10H2,1H3,(H2,25,28). The van der Waals surface area contributed by atoms with Gasteiger partial charge >= 0.3 is 12.3 Å². The van der Waals surface area contributed by atoms with E-state index in [9.17, 15) is 22.8 Å². The monoisotopic (exact) mass is 433 g/mol. The highest BCUT2D eigenvalue weighted by molar-refractivity contribution is 5.99. The Morgan fingerprint density at radius 2 is 2.00 bits per heavy atom. The number of esters is 1. The summed E-state index contributed by atoms with van der Waals surface area (Å²) in [5, 5.41) is 0.492. The maximum absolute atomic E-state index is 12.7. The summed E-state index contributed by atoms with van der Waals surface area (Å²) in [4.78, 5) is 28.5. The number of fused-ring (bicyclic) bond motifs is 1. The number of nitrogens with zero attached hydrogens (tertiary/aromatic N) is 2. The predicted molar refractivity (Wildman–Crippen MR) is 104 cm³/mol. The topological polar surface area (TPSA) is 96.4 Å². The highest BCUT2D eigenvalue weighted by atomic mass is 19.4. The maximum atomic E-state index is 12.7. The average molecular weight is 433 g/mol. The van der Waals surface area contributed by atoms with Gasteiger partial charge in [-0.2, -0.15) is 0 Å². The number of hydrogen-bond acceptors (Lipinski definition) is 5. The lowest BCUT2D eigenvalue weighted by atomic mass is 10.2. The number of carbonyl (C=O) groups excluding carboxylic acids is 2. The Morgan fingerprint density at radius 3 is 2.68 bits per heavy atom. The molecule has 1 aliphatic carbocycles. The van der Waals surface area contributed by atoms with Crippen molar-refractivity contribution in [1.29, 1.82) is 0 Å². The molecule has 1 fully saturated rings. The Bertz CT molecular complexity index is 1170. The molecule has 3 aromatic rings. The van der Waals surface area contributed by atoms with E-state index in [1.807, 2.05) is 0 Å². The van der Waals surface area contributed by atoms with E-state index in [0.29, 0.717) is 23.3 Å². The van der Waals surface area contributed by atoms with Gasteiger partial charge < -0.3 is 15.2 Å². The van der Waals surface area contributed by atoms with Gasteiger partial charge in [-0.15, -0.1) is 13.2 Å². The molecule has 31 heavy (non-hydrogen) atoms. The fourth-order valence-electron chi connectivity index (χ4n) is 3.61. The molecule has 0 bridgehead atoms. The van der Waals surface area contributed by atoms with Gasteiger partial charge in [0, 0.05) is 23.1 Å². The highest BCUT2D eigenvalue weighted by Gasteiger charge is 2.46. The summed E-state index contributed by atoms with van der Waals surface area (Å²) in [5.41, 5.74) is 6.45. The van der Waals surface area contributed by atoms with Gasteiger partial charge in [0.1, 0.15) is 17.3 Å². The van der Waals surface area contributed by atoms with Gasteiger partial charge in [0.25, 0.3) is 5.91 Å². The number of alkyl halides is 3. The van der Waals surface area contributed by atoms with Gasteiger partial charge in [0.05, 0.1) is 18.0 Å². The zero-order valence-electron chi connectivity index (χ0n) is 16.3. The molecule has 0 radical (unpaired) electrons. The third-order valence-corrected chi connectivity index (χ3v) is 5.01. The molecule has 2 atom stereocenters. The van der Waals surface area contributed by atoms with Crippen molar-refractivity contribution in [3.05, 3.63) is 53.9 Å². The van der Waals surface area contributed by atoms with Gasteiger partial charge in [-0.25, -0.2) is 4.98 Å². The van der Waals surface area contributed by atoms with Crippen molar-refractivity contribution in [2.45, 2.75) is 25.6 Å². The van der Waals surface area contributed by atoms with Gasteiger partial charge in [-0.3, -0.25) is 14.2 Å². The Morgan fingerprint density at radius 1 is 1.23 bits per heavy atom. The van der Waals surface area contributed by atoms with Gasteiger partial charge in [0.2, 0.25) is 0 Å². The first kappa shape index (κ1) is 20.7. The van der Waals surface area contributed by atoms with Crippen LogP contribution >= 0.6 is 0 Å². The summed E-state index contributed by atoms with van der Waals surface area (Å²) < 4.78 is 48.4. The molecule has 10 heteroatoms. The molecule has 7 nitrogen and oxygen atoms in total. The minimum absolute atomic E-state index is 0.0570. The smallest absolute Gasteiger partial charge is 0.466 e. The van der Waals surface area contributed by atoms with Crippen LogP contribution in [0.4, 0.5) is 13.2 Å². The Hall–Kier alpha value is -3.56. The second kappa shape index (κ2) is 7.60. The van der Waals surface area contributed by atoms with E-state index in [1.54, 1.807) is 25.1 Å². The van der Waals surface area contributed by atoms with Crippen LogP contribution in [0.5, 0.6) is 5.75 Å². The lowest BCUT2D eigenvalue weighted by molar-refractivity contribution is -0.274. The van der Waals surface area contributed by atoms with Crippen LogP contribution in [0.1, 0.15) is 35.4 Å². The van der Waals surface area contributed by atoms with Crippen LogP contribution in [0.3, 0.4) is 0 Å². The number of benzene rings is 1. The molecule has 0 spiro atoms. The first-order valence-electron chi connectivity index (χ1n) is 9.53. The van der Waals surface area contributed by atoms with E-state index in [4.69, 9.17) is 10.5 Å². The third-order valence-electron chi connectivity index (χ3n) is 5.01. The number of rotatable bonds is 6. The van der Waals surface area contributed by atoms with E-state index in [-0.39, 0.29) is 35.6 Å². The van der Waals surface area contributed by atoms with Crippen molar-refractivity contribution in [1.82, 2.24) is 9.55 Å². The fourth-order valence-corrected chi connectivity index (χ4v) is 3.61. The summed E-state index contributed by atoms with van der Waals surface area (Å²) in [5.74, 6) is -1.61. The molecule has 1 aliphatic rings. The Kier molecular flexibility index (Phi) is 5.08. The van der Waals surface area contributed by atoms with Gasteiger partial charge in [-0.05, 0) is 43.7 Å². The molecule has 2 N–H and O–H groups in total. The van der Waals surface area contributed by atoms with Crippen molar-refractivity contribution in [2.75, 3.05) is 6.61 Å². The number of carbonyl (C=O) groups is 2. The predicted octanol–water partition coefficient (Wildman–Crippen LogP) is 3.69. The summed E-state index contributed by atoms with van der Waals surface area (Å²) in [6.45, 7) is 2.02. The largest absolute Gasteiger partial charge is 0.573 e. The van der Waals surface area contributed by atoms with Gasteiger partial charge in [0.15, 0.2) is 0 Å². The van der Waals surface area contributed by atoms with Crippen molar-refractivity contribution in [2.24, 2.45) is 11.7 Å². The van der Waals surface area contributed by atoms with E-state index in [2.05, 4.69) is 9.72 Å². The van der Waals surface area contributed by atoms with Crippen LogP contribution in [0.15, 0.2) is 42.5 Å². The van der Waals surface area contributed by atoms with Crippen molar-refractivity contribution in [3.8, 4) is 11.6 Å². The molecular weight excluding hydrogens is 415 g/mol. The maximum Gasteiger partial charge on any atom is 0.573 e. The minimum Gasteiger partial charge on any atom is -0.466 e. The summed E-state index contributed by atoms with van der Waals surface area (Å²) in [6, 6.07) is 10.3. The second-order valence-electron chi connectivity index (χ2n) is 7.12. The van der Waals surface area contributed by atoms with Crippen LogP contribution in [0.25, 0.3) is 16.7 Å². The molecular formula is C21H18F3N3O4. The van der Waals surface area contributed by atoms with Crippen LogP contribution in [-0.2, 0) is 9.53 Å². The van der Waals surface area contributed by atoms with Crippen molar-refractivity contribution in [3.63, 3.8) is 0 Å². The van der Waals surface area contributed by atoms with Crippen LogP contribution < -0.4 is 10.5 Å². The molecule has 2 heterocycles. The quantitative estimate of drug-likeness (QED) is 0.598. The molecule has 0 aliphatic heterocycles. The lowest BCUT2D eigenvalue weighted by Gasteiger charge is -2.12. The SMILES string of the molecule is CCOC(=O)C1CC1c1cccc(-n2c(C(N)=O)cc3ccc(OC(F)(F)F)cc32)n1. The first-order chi connectivity index (χ1) is 14.7. The number of amides is 1. The number of nitrogens with two attached hydrogens (primary N) is 1. The minimum atomic E-state index is -4.86. The Labute approximate surface area is 174 Å². The normalized spacial score (nSPS) is 18.1. The number of hydrogen-bond donors (Lipinski definition) is 1. The zero-order valence-corrected chi connectivity index (χ0v) is 16.3. The number of halogens is 3. The van der Waals surface area contributed by atoms with E-state index in [1.165, 1.54) is 22.8 Å². The summed E-state index contributed by atoms with van der Waals surface area (Å²) >= 11 is 0. The van der Waals surface area contributed by atoms with Crippen LogP contribution in [-0.4, -0.2) is 34.4 Å².